The Morgan fingerprint density at radius 1 is 0.833 bits per heavy atom. The van der Waals surface area contributed by atoms with Crippen LogP contribution >= 0.6 is 0 Å². The normalized spacial score (nSPS) is 29.0. The van der Waals surface area contributed by atoms with Crippen LogP contribution in [0.3, 0.4) is 0 Å². The van der Waals surface area contributed by atoms with Crippen LogP contribution in [0.5, 0.6) is 0 Å². The van der Waals surface area contributed by atoms with Crippen LogP contribution in [0.1, 0.15) is 35.2 Å². The van der Waals surface area contributed by atoms with E-state index in [0.717, 1.165) is 40.2 Å². The third-order valence-corrected chi connectivity index (χ3v) is 10.0. The molecule has 2 saturated carbocycles. The van der Waals surface area contributed by atoms with Crippen molar-refractivity contribution in [2.75, 3.05) is 13.1 Å². The lowest BCUT2D eigenvalue weighted by Crippen LogP contribution is -2.48. The summed E-state index contributed by atoms with van der Waals surface area (Å²) < 4.78 is 18.5. The van der Waals surface area contributed by atoms with Crippen LogP contribution in [0.15, 0.2) is 84.9 Å². The molecule has 6 atom stereocenters. The first-order chi connectivity index (χ1) is 20.5. The lowest BCUT2D eigenvalue weighted by atomic mass is 9.78. The molecule has 0 spiro atoms. The quantitative estimate of drug-likeness (QED) is 0.205. The highest BCUT2D eigenvalue weighted by atomic mass is 16.6. The van der Waals surface area contributed by atoms with Crippen LogP contribution in [-0.4, -0.2) is 43.2 Å². The summed E-state index contributed by atoms with van der Waals surface area (Å²) in [6.07, 6.45) is 0.640. The van der Waals surface area contributed by atoms with Crippen LogP contribution in [0.2, 0.25) is 0 Å². The van der Waals surface area contributed by atoms with Crippen molar-refractivity contribution in [2.24, 2.45) is 23.7 Å². The van der Waals surface area contributed by atoms with Gasteiger partial charge in [-0.1, -0.05) is 78.9 Å². The van der Waals surface area contributed by atoms with Gasteiger partial charge in [0.2, 0.25) is 0 Å². The van der Waals surface area contributed by atoms with E-state index >= 15 is 0 Å². The number of hydrogen-bond donors (Lipinski definition) is 1. The maximum Gasteiger partial charge on any atom is 0.339 e. The summed E-state index contributed by atoms with van der Waals surface area (Å²) in [4.78, 5) is 41.2. The number of fused-ring (bicyclic) bond motifs is 3. The highest BCUT2D eigenvalue weighted by Crippen LogP contribution is 2.59. The lowest BCUT2D eigenvalue weighted by Gasteiger charge is -2.39. The lowest BCUT2D eigenvalue weighted by molar-refractivity contribution is -0.175. The van der Waals surface area contributed by atoms with E-state index in [1.807, 2.05) is 78.9 Å². The van der Waals surface area contributed by atoms with Gasteiger partial charge in [-0.3, -0.25) is 9.59 Å². The molecule has 2 aliphatic carbocycles. The Morgan fingerprint density at radius 3 is 2.17 bits per heavy atom. The van der Waals surface area contributed by atoms with Crippen molar-refractivity contribution in [3.63, 3.8) is 0 Å². The number of esters is 3. The topological polar surface area (TPSA) is 90.9 Å². The van der Waals surface area contributed by atoms with E-state index in [9.17, 15) is 14.4 Å². The maximum absolute atomic E-state index is 14.1. The van der Waals surface area contributed by atoms with Crippen molar-refractivity contribution in [3.8, 4) is 0 Å². The van der Waals surface area contributed by atoms with Crippen LogP contribution in [0.25, 0.3) is 21.5 Å². The van der Waals surface area contributed by atoms with Crippen LogP contribution in [0.4, 0.5) is 0 Å². The molecule has 212 valence electrons. The van der Waals surface area contributed by atoms with Gasteiger partial charge in [-0.25, -0.2) is 4.79 Å². The average molecular weight is 562 g/mol. The van der Waals surface area contributed by atoms with Gasteiger partial charge >= 0.3 is 17.9 Å². The van der Waals surface area contributed by atoms with E-state index < -0.39 is 41.6 Å². The Morgan fingerprint density at radius 2 is 1.48 bits per heavy atom. The van der Waals surface area contributed by atoms with Crippen molar-refractivity contribution in [1.29, 1.82) is 0 Å². The first kappa shape index (κ1) is 25.5. The van der Waals surface area contributed by atoms with Gasteiger partial charge in [-0.15, -0.1) is 0 Å². The van der Waals surface area contributed by atoms with Crippen LogP contribution in [0, 0.1) is 23.7 Å². The molecule has 7 nitrogen and oxygen atoms in total. The minimum atomic E-state index is -0.763. The number of carbonyl (C=O) groups excluding carboxylic acids is 3. The van der Waals surface area contributed by atoms with Gasteiger partial charge in [0, 0.05) is 24.7 Å². The molecule has 42 heavy (non-hydrogen) atoms. The average Bonchev–Trinajstić information content (AvgIpc) is 3.65. The van der Waals surface area contributed by atoms with Crippen LogP contribution in [-0.2, 0) is 29.4 Å². The Bertz CT molecular complexity index is 1670. The number of benzene rings is 4. The van der Waals surface area contributed by atoms with E-state index in [2.05, 4.69) is 11.4 Å². The van der Waals surface area contributed by atoms with Gasteiger partial charge in [0.1, 0.15) is 17.8 Å². The first-order valence-electron chi connectivity index (χ1n) is 14.9. The molecule has 8 rings (SSSR count). The molecule has 0 radical (unpaired) electrons. The van der Waals surface area contributed by atoms with Gasteiger partial charge in [0.15, 0.2) is 0 Å². The molecule has 7 heteroatoms. The molecule has 4 aliphatic rings. The van der Waals surface area contributed by atoms with E-state index in [1.54, 1.807) is 0 Å². The predicted molar refractivity (Wildman–Crippen MR) is 155 cm³/mol. The fourth-order valence-corrected chi connectivity index (χ4v) is 8.17. The minimum absolute atomic E-state index is 0.164. The summed E-state index contributed by atoms with van der Waals surface area (Å²) in [7, 11) is 0. The van der Waals surface area contributed by atoms with Crippen LogP contribution < -0.4 is 5.32 Å². The first-order valence-corrected chi connectivity index (χ1v) is 14.9. The maximum atomic E-state index is 14.1. The molecular formula is C35H31NO6. The van der Waals surface area contributed by atoms with Gasteiger partial charge in [0.05, 0.1) is 17.4 Å². The van der Waals surface area contributed by atoms with Crippen molar-refractivity contribution in [1.82, 2.24) is 5.32 Å². The Hall–Kier alpha value is -4.23. The van der Waals surface area contributed by atoms with Crippen molar-refractivity contribution >= 4 is 39.5 Å². The molecule has 2 heterocycles. The van der Waals surface area contributed by atoms with Crippen molar-refractivity contribution in [2.45, 2.75) is 37.1 Å². The second-order valence-electron chi connectivity index (χ2n) is 12.1. The number of carbonyl (C=O) groups is 3. The standard InChI is InChI=1S/C35H31NO6/c37-32(27-23-12-6-4-8-20(23)18-21-9-5-7-13-24(21)27)40-31-26-19-25-28(33(38)41-30(25)31)29(26)34(39)42-35(14-16-36-17-15-35)22-10-2-1-3-11-22/h1-13,18,25-26,28-31,36H,14-17,19H2. The summed E-state index contributed by atoms with van der Waals surface area (Å²) in [5, 5.41) is 6.85. The molecule has 2 saturated heterocycles. The van der Waals surface area contributed by atoms with E-state index in [-0.39, 0.29) is 17.8 Å². The third kappa shape index (κ3) is 3.79. The smallest absolute Gasteiger partial charge is 0.339 e. The highest BCUT2D eigenvalue weighted by Gasteiger charge is 2.70. The summed E-state index contributed by atoms with van der Waals surface area (Å²) >= 11 is 0. The number of rotatable bonds is 5. The van der Waals surface area contributed by atoms with Crippen molar-refractivity contribution < 1.29 is 28.6 Å². The largest absolute Gasteiger partial charge is 0.458 e. The second kappa shape index (κ2) is 9.66. The van der Waals surface area contributed by atoms with E-state index in [1.165, 1.54) is 0 Å². The molecule has 4 aromatic carbocycles. The monoisotopic (exact) mass is 561 g/mol. The Kier molecular flexibility index (Phi) is 5.86. The fraction of sp³-hybridized carbons (Fsp3) is 0.343. The zero-order chi connectivity index (χ0) is 28.4. The van der Waals surface area contributed by atoms with Gasteiger partial charge in [-0.05, 0) is 52.7 Å². The van der Waals surface area contributed by atoms with E-state index in [4.69, 9.17) is 14.2 Å². The van der Waals surface area contributed by atoms with Crippen molar-refractivity contribution in [3.05, 3.63) is 96.1 Å². The zero-order valence-electron chi connectivity index (χ0n) is 23.0. The molecule has 0 amide bonds. The summed E-state index contributed by atoms with van der Waals surface area (Å²) in [5.74, 6) is -3.03. The molecule has 4 fully saturated rings. The molecule has 1 N–H and O–H groups in total. The Labute approximate surface area is 243 Å². The van der Waals surface area contributed by atoms with Gasteiger partial charge in [0.25, 0.3) is 0 Å². The van der Waals surface area contributed by atoms with Gasteiger partial charge in [-0.2, -0.15) is 0 Å². The third-order valence-electron chi connectivity index (χ3n) is 10.0. The second-order valence-corrected chi connectivity index (χ2v) is 12.1. The molecule has 4 aromatic rings. The summed E-state index contributed by atoms with van der Waals surface area (Å²) in [6.45, 7) is 1.46. The molecule has 6 unspecified atom stereocenters. The fourth-order valence-electron chi connectivity index (χ4n) is 8.17. The number of ether oxygens (including phenoxy) is 3. The molecular weight excluding hydrogens is 530 g/mol. The molecule has 2 aliphatic heterocycles. The SMILES string of the molecule is O=C(OC1C2CC3C1OC(=O)C3C2C(=O)OC1(c2ccccc2)CCNCC1)c1c2ccccc2cc2ccccc12. The number of piperidine rings is 1. The predicted octanol–water partition coefficient (Wildman–Crippen LogP) is 5.15. The molecule has 0 aromatic heterocycles. The number of nitrogens with one attached hydrogen (secondary N) is 1. The zero-order valence-corrected chi connectivity index (χ0v) is 23.0. The Balaban J connectivity index is 1.12. The minimum Gasteiger partial charge on any atom is -0.458 e. The highest BCUT2D eigenvalue weighted by molar-refractivity contribution is 6.16. The summed E-state index contributed by atoms with van der Waals surface area (Å²) in [5.41, 5.74) is 0.686. The summed E-state index contributed by atoms with van der Waals surface area (Å²) in [6, 6.07) is 27.4. The van der Waals surface area contributed by atoms with Gasteiger partial charge < -0.3 is 19.5 Å². The van der Waals surface area contributed by atoms with E-state index in [0.29, 0.717) is 24.8 Å². The number of hydrogen-bond acceptors (Lipinski definition) is 7. The molecule has 2 bridgehead atoms.